The molecule has 0 radical (unpaired) electrons. The molecule has 1 N–H and O–H groups in total. The molecule has 1 atom stereocenters. The van der Waals surface area contributed by atoms with Crippen molar-refractivity contribution in [3.05, 3.63) is 41.3 Å². The summed E-state index contributed by atoms with van der Waals surface area (Å²) in [6, 6.07) is 7.77. The molecule has 1 fully saturated rings. The van der Waals surface area contributed by atoms with Crippen molar-refractivity contribution in [2.75, 3.05) is 13.7 Å². The lowest BCUT2D eigenvalue weighted by molar-refractivity contribution is 0.182. The van der Waals surface area contributed by atoms with Crippen LogP contribution in [0.3, 0.4) is 0 Å². The van der Waals surface area contributed by atoms with Gasteiger partial charge in [0.25, 0.3) is 0 Å². The van der Waals surface area contributed by atoms with E-state index in [0.29, 0.717) is 12.3 Å². The Bertz CT molecular complexity index is 653. The fourth-order valence-electron chi connectivity index (χ4n) is 3.26. The predicted molar refractivity (Wildman–Crippen MR) is 87.5 cm³/mol. The van der Waals surface area contributed by atoms with Crippen LogP contribution in [0.15, 0.2) is 28.8 Å². The molecule has 2 heterocycles. The van der Waals surface area contributed by atoms with E-state index in [4.69, 9.17) is 9.26 Å². The lowest BCUT2D eigenvalue weighted by Crippen LogP contribution is -2.28. The molecule has 124 valence electrons. The highest BCUT2D eigenvalue weighted by molar-refractivity contribution is 5.39. The molecule has 0 saturated carbocycles. The topological polar surface area (TPSA) is 58.7 Å². The Hall–Kier alpha value is -2.01. The van der Waals surface area contributed by atoms with Crippen molar-refractivity contribution in [1.82, 2.24) is 10.1 Å². The first-order valence-corrected chi connectivity index (χ1v) is 8.20. The average molecular weight is 316 g/mol. The van der Waals surface area contributed by atoms with Gasteiger partial charge in [-0.3, -0.25) is 4.90 Å². The van der Waals surface area contributed by atoms with Crippen LogP contribution in [0.25, 0.3) is 0 Å². The number of phenols is 1. The Morgan fingerprint density at radius 3 is 2.87 bits per heavy atom. The van der Waals surface area contributed by atoms with Crippen molar-refractivity contribution in [2.24, 2.45) is 0 Å². The van der Waals surface area contributed by atoms with Crippen LogP contribution in [0.4, 0.5) is 0 Å². The van der Waals surface area contributed by atoms with Crippen LogP contribution in [-0.4, -0.2) is 28.8 Å². The van der Waals surface area contributed by atoms with Crippen LogP contribution in [-0.2, 0) is 6.54 Å². The fourth-order valence-corrected chi connectivity index (χ4v) is 3.26. The third-order valence-corrected chi connectivity index (χ3v) is 4.52. The van der Waals surface area contributed by atoms with Gasteiger partial charge >= 0.3 is 0 Å². The van der Waals surface area contributed by atoms with E-state index in [1.807, 2.05) is 25.1 Å². The van der Waals surface area contributed by atoms with Crippen molar-refractivity contribution in [3.63, 3.8) is 0 Å². The van der Waals surface area contributed by atoms with Crippen LogP contribution in [0.1, 0.15) is 48.7 Å². The maximum absolute atomic E-state index is 10.2. The standard InChI is InChI=1S/C18H24N2O3/c1-13-10-16(19-23-13)17-6-4-3-5-9-20(17)12-14-7-8-15(22-2)11-18(14)21/h7-8,10-11,17,21H,3-6,9,12H2,1-2H3/t17-/m1/s1. The zero-order valence-corrected chi connectivity index (χ0v) is 13.8. The molecule has 1 aliphatic heterocycles. The zero-order chi connectivity index (χ0) is 16.2. The number of nitrogens with zero attached hydrogens (tertiary/aromatic N) is 2. The van der Waals surface area contributed by atoms with Gasteiger partial charge in [-0.05, 0) is 32.4 Å². The first-order valence-electron chi connectivity index (χ1n) is 8.20. The molecule has 0 unspecified atom stereocenters. The van der Waals surface area contributed by atoms with Crippen molar-refractivity contribution in [1.29, 1.82) is 0 Å². The number of hydrogen-bond acceptors (Lipinski definition) is 5. The minimum atomic E-state index is 0.247. The molecular weight excluding hydrogens is 292 g/mol. The highest BCUT2D eigenvalue weighted by Gasteiger charge is 2.26. The SMILES string of the molecule is COc1ccc(CN2CCCCC[C@@H]2c2cc(C)on2)c(O)c1. The first kappa shape index (κ1) is 15.9. The van der Waals surface area contributed by atoms with Gasteiger partial charge < -0.3 is 14.4 Å². The maximum atomic E-state index is 10.2. The normalized spacial score (nSPS) is 19.5. The summed E-state index contributed by atoms with van der Waals surface area (Å²) in [7, 11) is 1.60. The number of benzene rings is 1. The van der Waals surface area contributed by atoms with Crippen LogP contribution in [0, 0.1) is 6.92 Å². The van der Waals surface area contributed by atoms with Gasteiger partial charge in [-0.1, -0.05) is 24.1 Å². The highest BCUT2D eigenvalue weighted by Crippen LogP contribution is 2.33. The van der Waals surface area contributed by atoms with Gasteiger partial charge in [0, 0.05) is 24.2 Å². The van der Waals surface area contributed by atoms with E-state index in [1.165, 1.54) is 19.3 Å². The van der Waals surface area contributed by atoms with Gasteiger partial charge in [-0.15, -0.1) is 0 Å². The summed E-state index contributed by atoms with van der Waals surface area (Å²) < 4.78 is 10.4. The highest BCUT2D eigenvalue weighted by atomic mass is 16.5. The molecule has 23 heavy (non-hydrogen) atoms. The summed E-state index contributed by atoms with van der Waals surface area (Å²) in [5, 5.41) is 14.5. The van der Waals surface area contributed by atoms with Crippen LogP contribution in [0.5, 0.6) is 11.5 Å². The Morgan fingerprint density at radius 1 is 1.30 bits per heavy atom. The number of likely N-dealkylation sites (tertiary alicyclic amines) is 1. The van der Waals surface area contributed by atoms with Crippen LogP contribution >= 0.6 is 0 Å². The molecule has 2 aromatic rings. The summed E-state index contributed by atoms with van der Waals surface area (Å²) in [5.74, 6) is 1.80. The molecule has 0 spiro atoms. The molecule has 5 heteroatoms. The average Bonchev–Trinajstić information content (AvgIpc) is 2.84. The molecular formula is C18H24N2O3. The van der Waals surface area contributed by atoms with E-state index in [1.54, 1.807) is 13.2 Å². The van der Waals surface area contributed by atoms with Gasteiger partial charge in [0.15, 0.2) is 0 Å². The zero-order valence-electron chi connectivity index (χ0n) is 13.8. The van der Waals surface area contributed by atoms with E-state index < -0.39 is 0 Å². The monoisotopic (exact) mass is 316 g/mol. The summed E-state index contributed by atoms with van der Waals surface area (Å²) in [6.45, 7) is 3.63. The number of rotatable bonds is 4. The number of hydrogen-bond donors (Lipinski definition) is 1. The van der Waals surface area contributed by atoms with E-state index in [-0.39, 0.29) is 11.8 Å². The largest absolute Gasteiger partial charge is 0.507 e. The Balaban J connectivity index is 1.82. The number of aromatic hydroxyl groups is 1. The van der Waals surface area contributed by atoms with Crippen LogP contribution in [0.2, 0.25) is 0 Å². The molecule has 0 bridgehead atoms. The molecule has 1 saturated heterocycles. The summed E-state index contributed by atoms with van der Waals surface area (Å²) >= 11 is 0. The second-order valence-corrected chi connectivity index (χ2v) is 6.19. The minimum Gasteiger partial charge on any atom is -0.507 e. The molecule has 1 aromatic heterocycles. The van der Waals surface area contributed by atoms with Gasteiger partial charge in [-0.25, -0.2) is 0 Å². The van der Waals surface area contributed by atoms with Gasteiger partial charge in [0.2, 0.25) is 0 Å². The van der Waals surface area contributed by atoms with E-state index >= 15 is 0 Å². The van der Waals surface area contributed by atoms with Crippen molar-refractivity contribution in [2.45, 2.75) is 45.2 Å². The number of ether oxygens (including phenoxy) is 1. The second kappa shape index (κ2) is 7.04. The van der Waals surface area contributed by atoms with Crippen molar-refractivity contribution >= 4 is 0 Å². The molecule has 1 aliphatic rings. The third kappa shape index (κ3) is 3.67. The molecule has 5 nitrogen and oxygen atoms in total. The second-order valence-electron chi connectivity index (χ2n) is 6.19. The maximum Gasteiger partial charge on any atom is 0.133 e. The summed E-state index contributed by atoms with van der Waals surface area (Å²) in [4.78, 5) is 2.39. The predicted octanol–water partition coefficient (Wildman–Crippen LogP) is 3.81. The third-order valence-electron chi connectivity index (χ3n) is 4.52. The summed E-state index contributed by atoms with van der Waals surface area (Å²) in [6.07, 6.45) is 4.67. The molecule has 0 aliphatic carbocycles. The fraction of sp³-hybridized carbons (Fsp3) is 0.500. The van der Waals surface area contributed by atoms with E-state index in [0.717, 1.165) is 30.0 Å². The molecule has 3 rings (SSSR count). The Kier molecular flexibility index (Phi) is 4.86. The number of phenolic OH excluding ortho intramolecular Hbond substituents is 1. The Morgan fingerprint density at radius 2 is 2.17 bits per heavy atom. The summed E-state index contributed by atoms with van der Waals surface area (Å²) in [5.41, 5.74) is 1.91. The smallest absolute Gasteiger partial charge is 0.133 e. The van der Waals surface area contributed by atoms with Crippen LogP contribution < -0.4 is 4.74 Å². The lowest BCUT2D eigenvalue weighted by Gasteiger charge is -2.28. The Labute approximate surface area is 136 Å². The lowest BCUT2D eigenvalue weighted by atomic mass is 10.1. The van der Waals surface area contributed by atoms with E-state index in [9.17, 15) is 5.11 Å². The number of methoxy groups -OCH3 is 1. The van der Waals surface area contributed by atoms with Crippen molar-refractivity contribution < 1.29 is 14.4 Å². The van der Waals surface area contributed by atoms with Gasteiger partial charge in [-0.2, -0.15) is 0 Å². The van der Waals surface area contributed by atoms with E-state index in [2.05, 4.69) is 10.1 Å². The number of aryl methyl sites for hydroxylation is 1. The van der Waals surface area contributed by atoms with Crippen molar-refractivity contribution in [3.8, 4) is 11.5 Å². The van der Waals surface area contributed by atoms with Gasteiger partial charge in [0.05, 0.1) is 13.2 Å². The first-order chi connectivity index (χ1) is 11.2. The molecule has 0 amide bonds. The molecule has 1 aromatic carbocycles. The van der Waals surface area contributed by atoms with Gasteiger partial charge in [0.1, 0.15) is 23.0 Å². The number of aromatic nitrogens is 1. The minimum absolute atomic E-state index is 0.247. The quantitative estimate of drug-likeness (QED) is 0.929.